The molecule has 0 radical (unpaired) electrons. The monoisotopic (exact) mass is 295 g/mol. The van der Waals surface area contributed by atoms with Crippen molar-refractivity contribution in [1.82, 2.24) is 4.90 Å². The minimum Gasteiger partial charge on any atom is -0.358 e. The van der Waals surface area contributed by atoms with E-state index in [0.717, 1.165) is 19.4 Å². The molecule has 2 nitrogen and oxygen atoms in total. The van der Waals surface area contributed by atoms with Gasteiger partial charge in [-0.25, -0.2) is 0 Å². The van der Waals surface area contributed by atoms with Gasteiger partial charge in [-0.2, -0.15) is 0 Å². The first kappa shape index (κ1) is 15.3. The fourth-order valence-electron chi connectivity index (χ4n) is 3.56. The number of nitrogens with zero attached hydrogens (tertiary/aromatic N) is 1. The molecule has 2 heteroatoms. The van der Waals surface area contributed by atoms with Crippen LogP contribution in [-0.2, 0) is 10.3 Å². The van der Waals surface area contributed by atoms with Crippen molar-refractivity contribution in [3.05, 3.63) is 71.3 Å². The quantitative estimate of drug-likeness (QED) is 0.812. The summed E-state index contributed by atoms with van der Waals surface area (Å²) in [5.74, 6) is 0. The molecular weight excluding hydrogens is 270 g/mol. The lowest BCUT2D eigenvalue weighted by Gasteiger charge is -2.31. The first-order valence-electron chi connectivity index (χ1n) is 8.11. The van der Waals surface area contributed by atoms with E-state index in [0.29, 0.717) is 0 Å². The van der Waals surface area contributed by atoms with E-state index in [1.54, 1.807) is 0 Å². The number of fused-ring (bicyclic) bond motifs is 1. The van der Waals surface area contributed by atoms with Crippen molar-refractivity contribution < 1.29 is 4.74 Å². The van der Waals surface area contributed by atoms with E-state index in [9.17, 15) is 0 Å². The molecule has 2 aromatic carbocycles. The highest BCUT2D eigenvalue weighted by molar-refractivity contribution is 5.45. The van der Waals surface area contributed by atoms with Crippen LogP contribution in [0.15, 0.2) is 54.6 Å². The van der Waals surface area contributed by atoms with Crippen LogP contribution >= 0.6 is 0 Å². The van der Waals surface area contributed by atoms with Crippen LogP contribution in [0.4, 0.5) is 0 Å². The van der Waals surface area contributed by atoms with Crippen molar-refractivity contribution in [2.75, 3.05) is 20.6 Å². The minimum absolute atomic E-state index is 0.149. The van der Waals surface area contributed by atoms with Crippen molar-refractivity contribution in [3.63, 3.8) is 0 Å². The van der Waals surface area contributed by atoms with Gasteiger partial charge in [0.2, 0.25) is 0 Å². The van der Waals surface area contributed by atoms with E-state index in [1.807, 2.05) is 0 Å². The van der Waals surface area contributed by atoms with Gasteiger partial charge in [-0.15, -0.1) is 0 Å². The summed E-state index contributed by atoms with van der Waals surface area (Å²) in [4.78, 5) is 2.24. The van der Waals surface area contributed by atoms with Gasteiger partial charge in [-0.1, -0.05) is 54.6 Å². The van der Waals surface area contributed by atoms with Crippen LogP contribution in [0, 0.1) is 0 Å². The first-order chi connectivity index (χ1) is 10.6. The predicted octanol–water partition coefficient (Wildman–Crippen LogP) is 4.36. The SMILES string of the molecule is CC1OC(CCCN(C)C)(c2ccccc2)c2ccccc21. The molecule has 2 aromatic rings. The molecule has 0 amide bonds. The standard InChI is InChI=1S/C20H25NO/c1-16-18-12-7-8-13-19(18)20(22-16,14-9-15-21(2)3)17-10-5-4-6-11-17/h4-8,10-13,16H,9,14-15H2,1-3H3. The summed E-state index contributed by atoms with van der Waals surface area (Å²) < 4.78 is 6.57. The second-order valence-electron chi connectivity index (χ2n) is 6.45. The van der Waals surface area contributed by atoms with Crippen LogP contribution in [0.25, 0.3) is 0 Å². The molecule has 1 aliphatic rings. The van der Waals surface area contributed by atoms with Crippen molar-refractivity contribution in [2.45, 2.75) is 31.5 Å². The summed E-state index contributed by atoms with van der Waals surface area (Å²) in [5.41, 5.74) is 3.64. The molecule has 0 aromatic heterocycles. The van der Waals surface area contributed by atoms with E-state index in [4.69, 9.17) is 4.74 Å². The van der Waals surface area contributed by atoms with E-state index >= 15 is 0 Å². The maximum atomic E-state index is 6.57. The molecule has 0 aliphatic carbocycles. The van der Waals surface area contributed by atoms with Gasteiger partial charge in [-0.05, 0) is 57.1 Å². The Morgan fingerprint density at radius 3 is 2.41 bits per heavy atom. The third kappa shape index (κ3) is 2.69. The molecule has 0 N–H and O–H groups in total. The van der Waals surface area contributed by atoms with Gasteiger partial charge in [0.05, 0.1) is 6.10 Å². The smallest absolute Gasteiger partial charge is 0.119 e. The summed E-state index contributed by atoms with van der Waals surface area (Å²) in [5, 5.41) is 0. The van der Waals surface area contributed by atoms with E-state index in [2.05, 4.69) is 80.5 Å². The van der Waals surface area contributed by atoms with Gasteiger partial charge in [-0.3, -0.25) is 0 Å². The molecule has 0 bridgehead atoms. The zero-order chi connectivity index (χ0) is 15.6. The number of ether oxygens (including phenoxy) is 1. The summed E-state index contributed by atoms with van der Waals surface area (Å²) >= 11 is 0. The lowest BCUT2D eigenvalue weighted by atomic mass is 9.82. The van der Waals surface area contributed by atoms with Crippen molar-refractivity contribution in [3.8, 4) is 0 Å². The van der Waals surface area contributed by atoms with E-state index < -0.39 is 0 Å². The molecule has 0 saturated heterocycles. The van der Waals surface area contributed by atoms with Crippen molar-refractivity contribution in [1.29, 1.82) is 0 Å². The molecule has 116 valence electrons. The van der Waals surface area contributed by atoms with E-state index in [1.165, 1.54) is 16.7 Å². The molecule has 22 heavy (non-hydrogen) atoms. The fraction of sp³-hybridized carbons (Fsp3) is 0.400. The zero-order valence-electron chi connectivity index (χ0n) is 13.8. The van der Waals surface area contributed by atoms with Gasteiger partial charge in [0.1, 0.15) is 5.60 Å². The van der Waals surface area contributed by atoms with Crippen LogP contribution < -0.4 is 0 Å². The second-order valence-corrected chi connectivity index (χ2v) is 6.45. The highest BCUT2D eigenvalue weighted by Crippen LogP contribution is 2.49. The topological polar surface area (TPSA) is 12.5 Å². The number of rotatable bonds is 5. The Morgan fingerprint density at radius 1 is 1.00 bits per heavy atom. The van der Waals surface area contributed by atoms with Crippen LogP contribution in [0.2, 0.25) is 0 Å². The summed E-state index contributed by atoms with van der Waals surface area (Å²) in [6.07, 6.45) is 2.27. The highest BCUT2D eigenvalue weighted by atomic mass is 16.5. The zero-order valence-corrected chi connectivity index (χ0v) is 13.8. The van der Waals surface area contributed by atoms with Gasteiger partial charge in [0.15, 0.2) is 0 Å². The Hall–Kier alpha value is -1.64. The Labute approximate surface area is 133 Å². The minimum atomic E-state index is -0.298. The molecule has 2 unspecified atom stereocenters. The molecule has 0 fully saturated rings. The average Bonchev–Trinajstić information content (AvgIpc) is 2.82. The van der Waals surface area contributed by atoms with Crippen LogP contribution in [0.3, 0.4) is 0 Å². The van der Waals surface area contributed by atoms with Crippen LogP contribution in [0.1, 0.15) is 42.6 Å². The third-order valence-electron chi connectivity index (χ3n) is 4.59. The van der Waals surface area contributed by atoms with Gasteiger partial charge >= 0.3 is 0 Å². The normalized spacial score (nSPS) is 23.7. The second kappa shape index (κ2) is 6.23. The maximum absolute atomic E-state index is 6.57. The van der Waals surface area contributed by atoms with Crippen molar-refractivity contribution >= 4 is 0 Å². The number of benzene rings is 2. The highest BCUT2D eigenvalue weighted by Gasteiger charge is 2.44. The van der Waals surface area contributed by atoms with Gasteiger partial charge in [0, 0.05) is 0 Å². The molecule has 2 atom stereocenters. The fourth-order valence-corrected chi connectivity index (χ4v) is 3.56. The molecule has 1 heterocycles. The number of hydrogen-bond donors (Lipinski definition) is 0. The Bertz CT molecular complexity index is 623. The summed E-state index contributed by atoms with van der Waals surface area (Å²) in [6.45, 7) is 3.24. The predicted molar refractivity (Wildman–Crippen MR) is 91.0 cm³/mol. The Kier molecular flexibility index (Phi) is 4.32. The Morgan fingerprint density at radius 2 is 1.68 bits per heavy atom. The maximum Gasteiger partial charge on any atom is 0.119 e. The average molecular weight is 295 g/mol. The van der Waals surface area contributed by atoms with Crippen LogP contribution in [-0.4, -0.2) is 25.5 Å². The molecule has 0 spiro atoms. The molecule has 0 saturated carbocycles. The van der Waals surface area contributed by atoms with E-state index in [-0.39, 0.29) is 11.7 Å². The summed E-state index contributed by atoms with van der Waals surface area (Å²) in [7, 11) is 4.25. The molecular formula is C20H25NO. The lowest BCUT2D eigenvalue weighted by Crippen LogP contribution is -2.29. The van der Waals surface area contributed by atoms with Crippen molar-refractivity contribution in [2.24, 2.45) is 0 Å². The first-order valence-corrected chi connectivity index (χ1v) is 8.11. The Balaban J connectivity index is 2.02. The largest absolute Gasteiger partial charge is 0.358 e. The molecule has 1 aliphatic heterocycles. The van der Waals surface area contributed by atoms with Gasteiger partial charge < -0.3 is 9.64 Å². The summed E-state index contributed by atoms with van der Waals surface area (Å²) in [6, 6.07) is 19.4. The third-order valence-corrected chi connectivity index (χ3v) is 4.59. The lowest BCUT2D eigenvalue weighted by molar-refractivity contribution is -0.0479. The van der Waals surface area contributed by atoms with Gasteiger partial charge in [0.25, 0.3) is 0 Å². The van der Waals surface area contributed by atoms with Crippen LogP contribution in [0.5, 0.6) is 0 Å². The number of hydrogen-bond acceptors (Lipinski definition) is 2. The molecule has 3 rings (SSSR count).